The summed E-state index contributed by atoms with van der Waals surface area (Å²) in [7, 11) is 3.97. The van der Waals surface area contributed by atoms with Crippen molar-refractivity contribution < 1.29 is 4.74 Å². The Morgan fingerprint density at radius 3 is 2.64 bits per heavy atom. The van der Waals surface area contributed by atoms with E-state index in [1.807, 2.05) is 6.20 Å². The van der Waals surface area contributed by atoms with Gasteiger partial charge in [0, 0.05) is 59.1 Å². The number of guanidine groups is 1. The van der Waals surface area contributed by atoms with Crippen LogP contribution in [-0.4, -0.2) is 75.4 Å². The maximum Gasteiger partial charge on any atom is 0.191 e. The predicted molar refractivity (Wildman–Crippen MR) is 117 cm³/mol. The molecular weight excluding hydrogens is 352 g/mol. The number of hydrogen-bond acceptors (Lipinski definition) is 5. The Hall–Kier alpha value is -1.86. The van der Waals surface area contributed by atoms with E-state index in [1.54, 1.807) is 7.05 Å². The highest BCUT2D eigenvalue weighted by Gasteiger charge is 2.16. The number of rotatable bonds is 9. The first-order valence-electron chi connectivity index (χ1n) is 10.5. The zero-order chi connectivity index (χ0) is 20.4. The van der Waals surface area contributed by atoms with Gasteiger partial charge in [0.2, 0.25) is 0 Å². The third-order valence-corrected chi connectivity index (χ3v) is 5.17. The predicted octanol–water partition coefficient (Wildman–Crippen LogP) is 1.95. The summed E-state index contributed by atoms with van der Waals surface area (Å²) >= 11 is 0. The number of nitrogens with one attached hydrogen (secondary N) is 2. The number of aromatic nitrogens is 1. The van der Waals surface area contributed by atoms with Gasteiger partial charge >= 0.3 is 0 Å². The topological polar surface area (TPSA) is 65.0 Å². The molecule has 0 radical (unpaired) electrons. The lowest BCUT2D eigenvalue weighted by molar-refractivity contribution is 0.0258. The monoisotopic (exact) mass is 390 g/mol. The van der Waals surface area contributed by atoms with Crippen LogP contribution in [0.25, 0.3) is 0 Å². The zero-order valence-corrected chi connectivity index (χ0v) is 18.2. The summed E-state index contributed by atoms with van der Waals surface area (Å²) < 4.78 is 5.81. The average molecular weight is 391 g/mol. The van der Waals surface area contributed by atoms with Gasteiger partial charge < -0.3 is 25.2 Å². The van der Waals surface area contributed by atoms with Crippen molar-refractivity contribution in [1.82, 2.24) is 20.5 Å². The molecule has 7 nitrogen and oxygen atoms in total. The molecule has 0 saturated carbocycles. The molecule has 0 spiro atoms. The highest BCUT2D eigenvalue weighted by Crippen LogP contribution is 2.14. The summed E-state index contributed by atoms with van der Waals surface area (Å²) in [6, 6.07) is 4.24. The van der Waals surface area contributed by atoms with Gasteiger partial charge in [-0.3, -0.25) is 4.99 Å². The zero-order valence-electron chi connectivity index (χ0n) is 18.2. The molecule has 1 saturated heterocycles. The second kappa shape index (κ2) is 11.9. The fourth-order valence-electron chi connectivity index (χ4n) is 3.34. The lowest BCUT2D eigenvalue weighted by Gasteiger charge is -2.33. The van der Waals surface area contributed by atoms with E-state index < -0.39 is 0 Å². The molecule has 1 aromatic rings. The minimum Gasteiger partial charge on any atom is -0.378 e. The van der Waals surface area contributed by atoms with Gasteiger partial charge in [0.15, 0.2) is 5.96 Å². The van der Waals surface area contributed by atoms with Crippen LogP contribution in [0, 0.1) is 5.92 Å². The van der Waals surface area contributed by atoms with Gasteiger partial charge in [-0.05, 0) is 44.0 Å². The van der Waals surface area contributed by atoms with Crippen molar-refractivity contribution in [2.24, 2.45) is 10.9 Å². The van der Waals surface area contributed by atoms with Crippen molar-refractivity contribution in [2.45, 2.75) is 39.8 Å². The summed E-state index contributed by atoms with van der Waals surface area (Å²) in [6.07, 6.45) is 3.15. The summed E-state index contributed by atoms with van der Waals surface area (Å²) in [6.45, 7) is 13.0. The highest BCUT2D eigenvalue weighted by molar-refractivity contribution is 5.79. The lowest BCUT2D eigenvalue weighted by Crippen LogP contribution is -2.44. The Morgan fingerprint density at radius 1 is 1.25 bits per heavy atom. The summed E-state index contributed by atoms with van der Waals surface area (Å²) in [5, 5.41) is 6.80. The molecule has 1 fully saturated rings. The fourth-order valence-corrected chi connectivity index (χ4v) is 3.34. The molecule has 28 heavy (non-hydrogen) atoms. The van der Waals surface area contributed by atoms with E-state index in [4.69, 9.17) is 4.74 Å². The summed E-state index contributed by atoms with van der Waals surface area (Å²) in [4.78, 5) is 13.6. The van der Waals surface area contributed by atoms with Crippen LogP contribution in [-0.2, 0) is 11.3 Å². The van der Waals surface area contributed by atoms with Crippen molar-refractivity contribution >= 4 is 11.8 Å². The van der Waals surface area contributed by atoms with Gasteiger partial charge in [0.25, 0.3) is 0 Å². The van der Waals surface area contributed by atoms with Gasteiger partial charge in [-0.25, -0.2) is 4.98 Å². The second-order valence-corrected chi connectivity index (χ2v) is 7.69. The number of hydrogen-bond donors (Lipinski definition) is 2. The smallest absolute Gasteiger partial charge is 0.191 e. The van der Waals surface area contributed by atoms with E-state index in [2.05, 4.69) is 70.4 Å². The standard InChI is InChI=1S/C21H38N6O/c1-6-28-19(17(2)3)8-10-24-21(22-4)25-16-18-7-9-23-20(15-18)27-13-11-26(5)12-14-27/h7,9,15,17,19H,6,8,10-14,16H2,1-5H3,(H2,22,24,25). The molecule has 1 atom stereocenters. The molecular formula is C21H38N6O. The molecule has 0 bridgehead atoms. The Labute approximate surface area is 170 Å². The first-order chi connectivity index (χ1) is 13.5. The third kappa shape index (κ3) is 7.28. The van der Waals surface area contributed by atoms with Crippen molar-refractivity contribution in [3.8, 4) is 0 Å². The molecule has 2 N–H and O–H groups in total. The molecule has 7 heteroatoms. The molecule has 0 amide bonds. The second-order valence-electron chi connectivity index (χ2n) is 7.69. The van der Waals surface area contributed by atoms with Gasteiger partial charge in [-0.1, -0.05) is 13.8 Å². The number of nitrogens with zero attached hydrogens (tertiary/aromatic N) is 4. The number of piperazine rings is 1. The maximum atomic E-state index is 5.81. The van der Waals surface area contributed by atoms with Crippen LogP contribution < -0.4 is 15.5 Å². The van der Waals surface area contributed by atoms with Crippen LogP contribution in [0.1, 0.15) is 32.8 Å². The van der Waals surface area contributed by atoms with E-state index >= 15 is 0 Å². The highest BCUT2D eigenvalue weighted by atomic mass is 16.5. The maximum absolute atomic E-state index is 5.81. The summed E-state index contributed by atoms with van der Waals surface area (Å²) in [5.41, 5.74) is 1.21. The van der Waals surface area contributed by atoms with Gasteiger partial charge in [-0.15, -0.1) is 0 Å². The van der Waals surface area contributed by atoms with Crippen molar-refractivity contribution in [2.75, 3.05) is 58.3 Å². The van der Waals surface area contributed by atoms with Gasteiger partial charge in [0.05, 0.1) is 6.10 Å². The van der Waals surface area contributed by atoms with Crippen molar-refractivity contribution in [3.63, 3.8) is 0 Å². The average Bonchev–Trinajstić information content (AvgIpc) is 2.70. The van der Waals surface area contributed by atoms with Crippen LogP contribution in [0.2, 0.25) is 0 Å². The first kappa shape index (κ1) is 22.4. The van der Waals surface area contributed by atoms with E-state index in [1.165, 1.54) is 5.56 Å². The molecule has 158 valence electrons. The minimum absolute atomic E-state index is 0.280. The Balaban J connectivity index is 1.80. The van der Waals surface area contributed by atoms with Crippen LogP contribution in [0.15, 0.2) is 23.3 Å². The number of aliphatic imine (C=N–C) groups is 1. The van der Waals surface area contributed by atoms with Gasteiger partial charge in [-0.2, -0.15) is 0 Å². The Kier molecular flexibility index (Phi) is 9.50. The Morgan fingerprint density at radius 2 is 2.00 bits per heavy atom. The Bertz CT molecular complexity index is 598. The fraction of sp³-hybridized carbons (Fsp3) is 0.714. The quantitative estimate of drug-likeness (QED) is 0.496. The lowest BCUT2D eigenvalue weighted by atomic mass is 10.0. The first-order valence-corrected chi connectivity index (χ1v) is 10.5. The number of likely N-dealkylation sites (N-methyl/N-ethyl adjacent to an activating group) is 1. The summed E-state index contributed by atoms with van der Waals surface area (Å²) in [5.74, 6) is 2.39. The van der Waals surface area contributed by atoms with E-state index in [0.29, 0.717) is 5.92 Å². The number of anilines is 1. The largest absolute Gasteiger partial charge is 0.378 e. The van der Waals surface area contributed by atoms with Crippen molar-refractivity contribution in [1.29, 1.82) is 0 Å². The van der Waals surface area contributed by atoms with Gasteiger partial charge in [0.1, 0.15) is 5.82 Å². The molecule has 1 aliphatic heterocycles. The van der Waals surface area contributed by atoms with Crippen LogP contribution >= 0.6 is 0 Å². The van der Waals surface area contributed by atoms with E-state index in [-0.39, 0.29) is 6.10 Å². The SMILES string of the molecule is CCOC(CCNC(=NC)NCc1ccnc(N2CCN(C)CC2)c1)C(C)C. The van der Waals surface area contributed by atoms with Crippen LogP contribution in [0.5, 0.6) is 0 Å². The minimum atomic E-state index is 0.280. The molecule has 2 rings (SSSR count). The molecule has 0 aliphatic carbocycles. The molecule has 2 heterocycles. The molecule has 1 unspecified atom stereocenters. The van der Waals surface area contributed by atoms with E-state index in [9.17, 15) is 0 Å². The normalized spacial score (nSPS) is 17.1. The van der Waals surface area contributed by atoms with Crippen molar-refractivity contribution in [3.05, 3.63) is 23.9 Å². The molecule has 1 aromatic heterocycles. The molecule has 0 aromatic carbocycles. The number of ether oxygens (including phenoxy) is 1. The third-order valence-electron chi connectivity index (χ3n) is 5.17. The number of pyridine rings is 1. The van der Waals surface area contributed by atoms with Crippen LogP contribution in [0.3, 0.4) is 0 Å². The van der Waals surface area contributed by atoms with E-state index in [0.717, 1.165) is 64.1 Å². The molecule has 1 aliphatic rings. The van der Waals surface area contributed by atoms with Crippen LogP contribution in [0.4, 0.5) is 5.82 Å².